The van der Waals surface area contributed by atoms with Gasteiger partial charge in [0.25, 0.3) is 0 Å². The van der Waals surface area contributed by atoms with Crippen LogP contribution in [0.3, 0.4) is 0 Å². The zero-order valence-corrected chi connectivity index (χ0v) is 14.7. The van der Waals surface area contributed by atoms with E-state index in [-0.39, 0.29) is 0 Å². The first-order chi connectivity index (χ1) is 9.24. The van der Waals surface area contributed by atoms with Crippen LogP contribution in [0, 0.1) is 6.92 Å². The molecule has 0 saturated carbocycles. The maximum atomic E-state index is 4.67. The summed E-state index contributed by atoms with van der Waals surface area (Å²) in [7, 11) is 0. The van der Waals surface area contributed by atoms with Crippen molar-refractivity contribution < 1.29 is 0 Å². The molecule has 1 aromatic heterocycles. The van der Waals surface area contributed by atoms with Crippen molar-refractivity contribution in [3.8, 4) is 0 Å². The number of aromatic nitrogens is 2. The normalized spacial score (nSPS) is 14.7. The predicted octanol–water partition coefficient (Wildman–Crippen LogP) is 2.97. The average molecular weight is 419 g/mol. The van der Waals surface area contributed by atoms with Gasteiger partial charge >= 0.3 is 131 Å². The summed E-state index contributed by atoms with van der Waals surface area (Å²) in [5, 5.41) is 0. The van der Waals surface area contributed by atoms with Gasteiger partial charge in [0.15, 0.2) is 0 Å². The molecule has 0 aliphatic carbocycles. The maximum absolute atomic E-state index is 4.67. The van der Waals surface area contributed by atoms with E-state index in [1.54, 1.807) is 0 Å². The molecule has 1 aromatic carbocycles. The molecule has 2 radical (unpaired) electrons. The van der Waals surface area contributed by atoms with Crippen LogP contribution in [0.25, 0.3) is 3.59 Å². The number of halogens is 1. The van der Waals surface area contributed by atoms with Crippen LogP contribution < -0.4 is 0 Å². The first-order valence-electron chi connectivity index (χ1n) is 5.85. The third kappa shape index (κ3) is 2.79. The van der Waals surface area contributed by atoms with E-state index >= 15 is 0 Å². The van der Waals surface area contributed by atoms with Crippen LogP contribution in [0.5, 0.6) is 0 Å². The van der Waals surface area contributed by atoms with Crippen LogP contribution in [0.2, 0.25) is 0 Å². The van der Waals surface area contributed by atoms with Gasteiger partial charge in [-0.3, -0.25) is 0 Å². The van der Waals surface area contributed by atoms with Gasteiger partial charge < -0.3 is 0 Å². The van der Waals surface area contributed by atoms with Gasteiger partial charge in [0, 0.05) is 0 Å². The first-order valence-corrected chi connectivity index (χ1v) is 9.50. The Hall–Kier alpha value is -1.01. The molecule has 2 aromatic rings. The molecule has 1 aliphatic rings. The van der Waals surface area contributed by atoms with E-state index in [1.165, 1.54) is 12.9 Å². The van der Waals surface area contributed by atoms with Gasteiger partial charge in [-0.1, -0.05) is 0 Å². The summed E-state index contributed by atoms with van der Waals surface area (Å²) >= 11 is 2.67. The van der Waals surface area contributed by atoms with E-state index in [2.05, 4.69) is 55.2 Å². The van der Waals surface area contributed by atoms with Gasteiger partial charge in [-0.2, -0.15) is 0 Å². The Balaban J connectivity index is 1.91. The zero-order chi connectivity index (χ0) is 13.2. The Kier molecular flexibility index (Phi) is 3.79. The van der Waals surface area contributed by atoms with Gasteiger partial charge in [0.2, 0.25) is 0 Å². The minimum absolute atomic E-state index is 0.804. The fraction of sp³-hybridized carbons (Fsp3) is 0.0714. The third-order valence-electron chi connectivity index (χ3n) is 2.74. The summed E-state index contributed by atoms with van der Waals surface area (Å²) in [5.74, 6) is 0.804. The Labute approximate surface area is 130 Å². The quantitative estimate of drug-likeness (QED) is 0.555. The molecule has 0 amide bonds. The molecule has 0 saturated heterocycles. The molecule has 3 rings (SSSR count). The van der Waals surface area contributed by atoms with Gasteiger partial charge in [0.1, 0.15) is 0 Å². The Morgan fingerprint density at radius 1 is 1.11 bits per heavy atom. The molecular weight excluding hydrogens is 409 g/mol. The topological polar surface area (TPSA) is 38.1 Å². The van der Waals surface area contributed by atoms with Crippen LogP contribution in [0.15, 0.2) is 52.2 Å². The molecule has 0 spiro atoms. The fourth-order valence-corrected chi connectivity index (χ4v) is 6.62. The molecule has 0 fully saturated rings. The standard InChI is InChI=1S/C14H10BrN3.Sn/c1-11-16-8-7-13(18-11)9-14(15)17-10-12-5-3-2-4-6-12;/h2-8H,1H3;. The first kappa shape index (κ1) is 13.0. The van der Waals surface area contributed by atoms with Crippen molar-refractivity contribution in [1.29, 1.82) is 0 Å². The monoisotopic (exact) mass is 419 g/mol. The summed E-state index contributed by atoms with van der Waals surface area (Å²) in [6.07, 6.45) is 1.81. The molecule has 5 heteroatoms. The van der Waals surface area contributed by atoms with Gasteiger partial charge in [-0.25, -0.2) is 0 Å². The van der Waals surface area contributed by atoms with E-state index in [0.717, 1.165) is 16.1 Å². The summed E-state index contributed by atoms with van der Waals surface area (Å²) in [6.45, 7) is 1.91. The molecule has 0 unspecified atom stereocenters. The summed E-state index contributed by atoms with van der Waals surface area (Å²) in [5.41, 5.74) is 2.24. The van der Waals surface area contributed by atoms with Gasteiger partial charge in [-0.05, 0) is 0 Å². The molecule has 3 nitrogen and oxygen atoms in total. The van der Waals surface area contributed by atoms with Crippen molar-refractivity contribution in [2.45, 2.75) is 6.92 Å². The van der Waals surface area contributed by atoms with Crippen LogP contribution in [-0.2, 0) is 0 Å². The van der Waals surface area contributed by atoms with Crippen molar-refractivity contribution in [2.24, 2.45) is 4.99 Å². The number of hydrogen-bond donors (Lipinski definition) is 0. The summed E-state index contributed by atoms with van der Waals surface area (Å²) in [4.78, 5) is 13.3. The molecule has 0 atom stereocenters. The van der Waals surface area contributed by atoms with Crippen LogP contribution >= 0.6 is 15.9 Å². The Morgan fingerprint density at radius 3 is 2.63 bits per heavy atom. The number of hydrogen-bond acceptors (Lipinski definition) is 3. The molecule has 0 bridgehead atoms. The molecule has 1 aliphatic heterocycles. The number of rotatable bonds is 2. The summed E-state index contributed by atoms with van der Waals surface area (Å²) < 4.78 is 3.46. The molecular formula is C14H10BrN3Sn. The predicted molar refractivity (Wildman–Crippen MR) is 81.3 cm³/mol. The summed E-state index contributed by atoms with van der Waals surface area (Å²) in [6, 6.07) is 12.3. The third-order valence-corrected chi connectivity index (χ3v) is 8.30. The van der Waals surface area contributed by atoms with E-state index < -0.39 is 21.1 Å². The van der Waals surface area contributed by atoms with E-state index in [1.807, 2.05) is 25.3 Å². The van der Waals surface area contributed by atoms with Gasteiger partial charge in [0.05, 0.1) is 0 Å². The number of aliphatic imine (C=N–C) groups is 1. The van der Waals surface area contributed by atoms with E-state index in [4.69, 9.17) is 0 Å². The van der Waals surface area contributed by atoms with Crippen molar-refractivity contribution >= 4 is 44.4 Å². The Morgan fingerprint density at radius 2 is 1.89 bits per heavy atom. The van der Waals surface area contributed by atoms with Crippen LogP contribution in [-0.4, -0.2) is 34.8 Å². The molecule has 0 N–H and O–H groups in total. The van der Waals surface area contributed by atoms with Crippen LogP contribution in [0.4, 0.5) is 0 Å². The number of benzene rings is 1. The van der Waals surface area contributed by atoms with Crippen molar-refractivity contribution in [3.05, 3.63) is 64.3 Å². The average Bonchev–Trinajstić information content (AvgIpc) is 2.82. The van der Waals surface area contributed by atoms with Crippen LogP contribution in [0.1, 0.15) is 17.1 Å². The second kappa shape index (κ2) is 5.54. The molecule has 19 heavy (non-hydrogen) atoms. The number of aryl methyl sites for hydroxylation is 1. The minimum atomic E-state index is -0.907. The van der Waals surface area contributed by atoms with Crippen molar-refractivity contribution in [3.63, 3.8) is 0 Å². The fourth-order valence-electron chi connectivity index (χ4n) is 1.85. The molecule has 92 valence electrons. The van der Waals surface area contributed by atoms with Crippen molar-refractivity contribution in [2.75, 3.05) is 0 Å². The van der Waals surface area contributed by atoms with E-state index in [0.29, 0.717) is 0 Å². The second-order valence-electron chi connectivity index (χ2n) is 4.11. The van der Waals surface area contributed by atoms with Gasteiger partial charge in [-0.15, -0.1) is 0 Å². The second-order valence-corrected chi connectivity index (χ2v) is 8.35. The molecule has 2 heterocycles. The van der Waals surface area contributed by atoms with E-state index in [9.17, 15) is 0 Å². The zero-order valence-electron chi connectivity index (χ0n) is 10.3. The SMILES string of the molecule is Cc1nccc([C]2=C(Br)N=[C](c3ccccc3)[Sn]2)n1. The van der Waals surface area contributed by atoms with Crippen molar-refractivity contribution in [1.82, 2.24) is 9.97 Å². The Bertz CT molecular complexity index is 680. The number of nitrogens with zero attached hydrogens (tertiary/aromatic N) is 3.